The number of nitrogens with one attached hydrogen (secondary N) is 1. The van der Waals surface area contributed by atoms with Crippen LogP contribution < -0.4 is 5.32 Å². The van der Waals surface area contributed by atoms with Crippen LogP contribution in [0, 0.1) is 10.1 Å². The zero-order valence-corrected chi connectivity index (χ0v) is 12.4. The molecule has 0 fully saturated rings. The molecule has 0 saturated carbocycles. The van der Waals surface area contributed by atoms with E-state index in [1.54, 1.807) is 12.3 Å². The lowest BCUT2D eigenvalue weighted by Gasteiger charge is -2.13. The molecule has 0 unspecified atom stereocenters. The minimum Gasteiger partial charge on any atom is -0.379 e. The van der Waals surface area contributed by atoms with Crippen molar-refractivity contribution >= 4 is 11.4 Å². The van der Waals surface area contributed by atoms with Crippen molar-refractivity contribution in [1.29, 1.82) is 0 Å². The number of imidazole rings is 1. The van der Waals surface area contributed by atoms with Gasteiger partial charge in [-0.05, 0) is 13.3 Å². The van der Waals surface area contributed by atoms with Crippen LogP contribution in [0.25, 0.3) is 0 Å². The summed E-state index contributed by atoms with van der Waals surface area (Å²) < 4.78 is 2.05. The van der Waals surface area contributed by atoms with Gasteiger partial charge in [-0.1, -0.05) is 19.1 Å². The lowest BCUT2D eigenvalue weighted by atomic mass is 10.1. The highest BCUT2D eigenvalue weighted by Crippen LogP contribution is 2.29. The van der Waals surface area contributed by atoms with E-state index < -0.39 is 0 Å². The van der Waals surface area contributed by atoms with Gasteiger partial charge in [0, 0.05) is 37.0 Å². The Morgan fingerprint density at radius 1 is 1.38 bits per heavy atom. The maximum atomic E-state index is 11.2. The van der Waals surface area contributed by atoms with Crippen LogP contribution in [0.2, 0.25) is 0 Å². The number of anilines is 1. The fourth-order valence-electron chi connectivity index (χ4n) is 2.37. The van der Waals surface area contributed by atoms with Gasteiger partial charge in [-0.15, -0.1) is 0 Å². The Hall–Kier alpha value is -2.37. The third kappa shape index (κ3) is 3.39. The van der Waals surface area contributed by atoms with Gasteiger partial charge >= 0.3 is 0 Å². The van der Waals surface area contributed by atoms with E-state index in [0.717, 1.165) is 24.2 Å². The van der Waals surface area contributed by atoms with Crippen molar-refractivity contribution in [3.63, 3.8) is 0 Å². The SMILES string of the molecule is CCCc1nccn1Cc1cccc([N+](=O)[O-])c1NCC. The Morgan fingerprint density at radius 2 is 2.19 bits per heavy atom. The maximum absolute atomic E-state index is 11.2. The Kier molecular flexibility index (Phi) is 4.92. The van der Waals surface area contributed by atoms with Gasteiger partial charge in [-0.3, -0.25) is 10.1 Å². The van der Waals surface area contributed by atoms with Crippen molar-refractivity contribution in [2.45, 2.75) is 33.2 Å². The lowest BCUT2D eigenvalue weighted by Crippen LogP contribution is -2.09. The first-order chi connectivity index (χ1) is 10.2. The van der Waals surface area contributed by atoms with E-state index in [1.807, 2.05) is 23.8 Å². The van der Waals surface area contributed by atoms with Gasteiger partial charge in [-0.25, -0.2) is 4.98 Å². The van der Waals surface area contributed by atoms with Crippen molar-refractivity contribution < 1.29 is 4.92 Å². The van der Waals surface area contributed by atoms with Crippen molar-refractivity contribution in [3.05, 3.63) is 52.1 Å². The van der Waals surface area contributed by atoms with E-state index in [1.165, 1.54) is 6.07 Å². The molecule has 0 bridgehead atoms. The average molecular weight is 288 g/mol. The van der Waals surface area contributed by atoms with E-state index in [0.29, 0.717) is 18.8 Å². The standard InChI is InChI=1S/C15H20N4O2/c1-3-6-14-17-9-10-18(14)11-12-7-5-8-13(19(20)21)15(12)16-4-2/h5,7-10,16H,3-4,6,11H2,1-2H3. The molecule has 0 aliphatic heterocycles. The molecule has 1 heterocycles. The van der Waals surface area contributed by atoms with Crippen LogP contribution in [0.15, 0.2) is 30.6 Å². The molecule has 0 aliphatic carbocycles. The summed E-state index contributed by atoms with van der Waals surface area (Å²) in [4.78, 5) is 15.2. The summed E-state index contributed by atoms with van der Waals surface area (Å²) in [5.74, 6) is 1.01. The van der Waals surface area contributed by atoms with Gasteiger partial charge in [0.25, 0.3) is 5.69 Å². The van der Waals surface area contributed by atoms with E-state index in [2.05, 4.69) is 17.2 Å². The highest BCUT2D eigenvalue weighted by atomic mass is 16.6. The third-order valence-electron chi connectivity index (χ3n) is 3.30. The summed E-state index contributed by atoms with van der Waals surface area (Å²) >= 11 is 0. The van der Waals surface area contributed by atoms with Crippen molar-refractivity contribution in [2.75, 3.05) is 11.9 Å². The summed E-state index contributed by atoms with van der Waals surface area (Å²) in [5.41, 5.74) is 1.62. The van der Waals surface area contributed by atoms with Crippen LogP contribution in [0.4, 0.5) is 11.4 Å². The summed E-state index contributed by atoms with van der Waals surface area (Å²) in [6.45, 7) is 5.26. The van der Waals surface area contributed by atoms with E-state index >= 15 is 0 Å². The molecule has 1 N–H and O–H groups in total. The molecule has 0 aliphatic rings. The minimum absolute atomic E-state index is 0.117. The molecule has 112 valence electrons. The van der Waals surface area contributed by atoms with Crippen molar-refractivity contribution in [3.8, 4) is 0 Å². The molecular weight excluding hydrogens is 268 g/mol. The Morgan fingerprint density at radius 3 is 2.86 bits per heavy atom. The topological polar surface area (TPSA) is 73.0 Å². The molecule has 0 spiro atoms. The summed E-state index contributed by atoms with van der Waals surface area (Å²) in [5, 5.41) is 14.3. The largest absolute Gasteiger partial charge is 0.379 e. The molecule has 21 heavy (non-hydrogen) atoms. The first-order valence-electron chi connectivity index (χ1n) is 7.17. The Bertz CT molecular complexity index is 622. The summed E-state index contributed by atoms with van der Waals surface area (Å²) in [7, 11) is 0. The summed E-state index contributed by atoms with van der Waals surface area (Å²) in [6.07, 6.45) is 5.61. The Labute approximate surface area is 124 Å². The molecule has 6 nitrogen and oxygen atoms in total. The van der Waals surface area contributed by atoms with Gasteiger partial charge < -0.3 is 9.88 Å². The minimum atomic E-state index is -0.345. The molecule has 1 aromatic carbocycles. The predicted molar refractivity (Wildman–Crippen MR) is 82.6 cm³/mol. The van der Waals surface area contributed by atoms with Crippen LogP contribution in [-0.2, 0) is 13.0 Å². The molecule has 0 amide bonds. The number of hydrogen-bond donors (Lipinski definition) is 1. The molecule has 2 rings (SSSR count). The van der Waals surface area contributed by atoms with Crippen LogP contribution in [0.5, 0.6) is 0 Å². The van der Waals surface area contributed by atoms with Gasteiger partial charge in [0.2, 0.25) is 0 Å². The molecular formula is C15H20N4O2. The zero-order chi connectivity index (χ0) is 15.2. The number of nitro benzene ring substituents is 1. The van der Waals surface area contributed by atoms with Crippen molar-refractivity contribution in [2.24, 2.45) is 0 Å². The lowest BCUT2D eigenvalue weighted by molar-refractivity contribution is -0.384. The molecule has 0 saturated heterocycles. The number of aromatic nitrogens is 2. The van der Waals surface area contributed by atoms with Crippen LogP contribution in [0.1, 0.15) is 31.7 Å². The first kappa shape index (κ1) is 15.0. The Balaban J connectivity index is 2.36. The normalized spacial score (nSPS) is 10.6. The smallest absolute Gasteiger partial charge is 0.292 e. The predicted octanol–water partition coefficient (Wildman–Crippen LogP) is 3.22. The zero-order valence-electron chi connectivity index (χ0n) is 12.4. The second kappa shape index (κ2) is 6.88. The molecule has 6 heteroatoms. The average Bonchev–Trinajstić information content (AvgIpc) is 2.88. The fraction of sp³-hybridized carbons (Fsp3) is 0.400. The van der Waals surface area contributed by atoms with Crippen LogP contribution >= 0.6 is 0 Å². The van der Waals surface area contributed by atoms with E-state index in [9.17, 15) is 10.1 Å². The number of aryl methyl sites for hydroxylation is 1. The van der Waals surface area contributed by atoms with Crippen LogP contribution in [0.3, 0.4) is 0 Å². The molecule has 0 atom stereocenters. The van der Waals surface area contributed by atoms with Gasteiger partial charge in [-0.2, -0.15) is 0 Å². The number of nitrogens with zero attached hydrogens (tertiary/aromatic N) is 3. The molecule has 2 aromatic rings. The van der Waals surface area contributed by atoms with Gasteiger partial charge in [0.05, 0.1) is 11.5 Å². The number of hydrogen-bond acceptors (Lipinski definition) is 4. The quantitative estimate of drug-likeness (QED) is 0.627. The number of benzene rings is 1. The fourth-order valence-corrected chi connectivity index (χ4v) is 2.37. The van der Waals surface area contributed by atoms with E-state index in [4.69, 9.17) is 0 Å². The molecule has 1 aromatic heterocycles. The highest BCUT2D eigenvalue weighted by Gasteiger charge is 2.17. The maximum Gasteiger partial charge on any atom is 0.292 e. The third-order valence-corrected chi connectivity index (χ3v) is 3.30. The van der Waals surface area contributed by atoms with Gasteiger partial charge in [0.15, 0.2) is 0 Å². The molecule has 0 radical (unpaired) electrons. The number of nitro groups is 1. The monoisotopic (exact) mass is 288 g/mol. The number of rotatable bonds is 7. The number of para-hydroxylation sites is 1. The first-order valence-corrected chi connectivity index (χ1v) is 7.17. The van der Waals surface area contributed by atoms with Gasteiger partial charge in [0.1, 0.15) is 11.5 Å². The summed E-state index contributed by atoms with van der Waals surface area (Å²) in [6, 6.07) is 5.17. The highest BCUT2D eigenvalue weighted by molar-refractivity contribution is 5.66. The second-order valence-corrected chi connectivity index (χ2v) is 4.82. The van der Waals surface area contributed by atoms with Crippen molar-refractivity contribution in [1.82, 2.24) is 9.55 Å². The second-order valence-electron chi connectivity index (χ2n) is 4.82. The van der Waals surface area contributed by atoms with Crippen LogP contribution in [-0.4, -0.2) is 21.0 Å². The van der Waals surface area contributed by atoms with E-state index in [-0.39, 0.29) is 10.6 Å².